The van der Waals surface area contributed by atoms with Crippen LogP contribution < -0.4 is 21.3 Å². The normalized spacial score (nSPS) is 9.92. The first kappa shape index (κ1) is 18.8. The summed E-state index contributed by atoms with van der Waals surface area (Å²) in [6.45, 7) is 3.51. The lowest BCUT2D eigenvalue weighted by Crippen LogP contribution is -2.29. The molecule has 0 fully saturated rings. The van der Waals surface area contributed by atoms with E-state index in [0.717, 1.165) is 0 Å². The van der Waals surface area contributed by atoms with Crippen molar-refractivity contribution in [3.8, 4) is 0 Å². The number of nitrogens with one attached hydrogen (secondary N) is 4. The molecule has 9 heteroatoms. The summed E-state index contributed by atoms with van der Waals surface area (Å²) in [7, 11) is 0. The van der Waals surface area contributed by atoms with Gasteiger partial charge in [0.05, 0.1) is 0 Å². The molecule has 3 amide bonds. The fraction of sp³-hybridized carbons (Fsp3) is 0.235. The molecule has 9 nitrogen and oxygen atoms in total. The molecule has 26 heavy (non-hydrogen) atoms. The van der Waals surface area contributed by atoms with E-state index in [4.69, 9.17) is 0 Å². The van der Waals surface area contributed by atoms with E-state index in [1.165, 1.54) is 26.0 Å². The number of anilines is 3. The van der Waals surface area contributed by atoms with Crippen LogP contribution in [0.5, 0.6) is 0 Å². The summed E-state index contributed by atoms with van der Waals surface area (Å²) < 4.78 is 0. The second kappa shape index (κ2) is 9.11. The SMILES string of the molecule is CC(=O)Nc1cc(NC(C)=O)cc(C(=O)NCCNc2ncccn2)c1. The van der Waals surface area contributed by atoms with Crippen LogP contribution in [0.15, 0.2) is 36.7 Å². The minimum atomic E-state index is -0.334. The Morgan fingerprint density at radius 1 is 0.885 bits per heavy atom. The van der Waals surface area contributed by atoms with Gasteiger partial charge in [-0.15, -0.1) is 0 Å². The second-order valence-corrected chi connectivity index (χ2v) is 5.42. The first-order chi connectivity index (χ1) is 12.4. The van der Waals surface area contributed by atoms with Gasteiger partial charge in [-0.2, -0.15) is 0 Å². The van der Waals surface area contributed by atoms with Crippen molar-refractivity contribution >= 4 is 35.0 Å². The third-order valence-corrected chi connectivity index (χ3v) is 3.10. The van der Waals surface area contributed by atoms with Crippen LogP contribution in [0.1, 0.15) is 24.2 Å². The zero-order valence-electron chi connectivity index (χ0n) is 14.5. The molecule has 4 N–H and O–H groups in total. The highest BCUT2D eigenvalue weighted by molar-refractivity contribution is 5.99. The predicted molar refractivity (Wildman–Crippen MR) is 97.9 cm³/mol. The number of hydrogen-bond acceptors (Lipinski definition) is 6. The van der Waals surface area contributed by atoms with Crippen molar-refractivity contribution in [2.24, 2.45) is 0 Å². The molecular weight excluding hydrogens is 336 g/mol. The molecule has 2 rings (SSSR count). The number of hydrogen-bond donors (Lipinski definition) is 4. The van der Waals surface area contributed by atoms with Crippen LogP contribution in [-0.4, -0.2) is 40.8 Å². The van der Waals surface area contributed by atoms with Gasteiger partial charge in [0, 0.05) is 56.3 Å². The quantitative estimate of drug-likeness (QED) is 0.553. The average Bonchev–Trinajstić information content (AvgIpc) is 2.58. The van der Waals surface area contributed by atoms with E-state index in [1.54, 1.807) is 24.5 Å². The zero-order valence-corrected chi connectivity index (χ0v) is 14.5. The number of carbonyl (C=O) groups is 3. The predicted octanol–water partition coefficient (Wildman–Crippen LogP) is 1.24. The molecule has 0 unspecified atom stereocenters. The Morgan fingerprint density at radius 2 is 1.46 bits per heavy atom. The summed E-state index contributed by atoms with van der Waals surface area (Å²) in [6, 6.07) is 6.36. The molecule has 1 aromatic heterocycles. The molecule has 0 atom stereocenters. The van der Waals surface area contributed by atoms with Crippen molar-refractivity contribution < 1.29 is 14.4 Å². The van der Waals surface area contributed by atoms with Gasteiger partial charge < -0.3 is 21.3 Å². The van der Waals surface area contributed by atoms with Gasteiger partial charge in [0.1, 0.15) is 0 Å². The Hall–Kier alpha value is -3.49. The van der Waals surface area contributed by atoms with Crippen molar-refractivity contribution in [2.75, 3.05) is 29.0 Å². The Morgan fingerprint density at radius 3 is 2.00 bits per heavy atom. The van der Waals surface area contributed by atoms with Crippen molar-refractivity contribution in [3.63, 3.8) is 0 Å². The highest BCUT2D eigenvalue weighted by Gasteiger charge is 2.10. The smallest absolute Gasteiger partial charge is 0.251 e. The molecular formula is C17H20N6O3. The molecule has 0 aliphatic rings. The Bertz CT molecular complexity index is 760. The van der Waals surface area contributed by atoms with Crippen LogP contribution >= 0.6 is 0 Å². The van der Waals surface area contributed by atoms with Crippen molar-refractivity contribution in [1.29, 1.82) is 0 Å². The molecule has 0 aliphatic heterocycles. The number of aromatic nitrogens is 2. The highest BCUT2D eigenvalue weighted by Crippen LogP contribution is 2.19. The number of benzene rings is 1. The van der Waals surface area contributed by atoms with Crippen LogP contribution in [0.3, 0.4) is 0 Å². The molecule has 0 spiro atoms. The molecule has 2 aromatic rings. The third kappa shape index (κ3) is 6.19. The summed E-state index contributed by atoms with van der Waals surface area (Å²) in [5.41, 5.74) is 1.16. The molecule has 0 saturated carbocycles. The van der Waals surface area contributed by atoms with Gasteiger partial charge in [0.2, 0.25) is 17.8 Å². The van der Waals surface area contributed by atoms with E-state index >= 15 is 0 Å². The van der Waals surface area contributed by atoms with Crippen molar-refractivity contribution in [1.82, 2.24) is 15.3 Å². The van der Waals surface area contributed by atoms with Crippen LogP contribution in [0.25, 0.3) is 0 Å². The van der Waals surface area contributed by atoms with Crippen LogP contribution in [-0.2, 0) is 9.59 Å². The van der Waals surface area contributed by atoms with E-state index in [1.807, 2.05) is 0 Å². The van der Waals surface area contributed by atoms with Crippen LogP contribution in [0.2, 0.25) is 0 Å². The fourth-order valence-corrected chi connectivity index (χ4v) is 2.15. The molecule has 1 aromatic carbocycles. The lowest BCUT2D eigenvalue weighted by atomic mass is 10.1. The van der Waals surface area contributed by atoms with Crippen LogP contribution in [0, 0.1) is 0 Å². The third-order valence-electron chi connectivity index (χ3n) is 3.10. The van der Waals surface area contributed by atoms with Gasteiger partial charge in [-0.25, -0.2) is 9.97 Å². The van der Waals surface area contributed by atoms with Gasteiger partial charge in [0.15, 0.2) is 0 Å². The van der Waals surface area contributed by atoms with E-state index in [9.17, 15) is 14.4 Å². The highest BCUT2D eigenvalue weighted by atomic mass is 16.2. The maximum atomic E-state index is 12.3. The minimum absolute atomic E-state index is 0.275. The van der Waals surface area contributed by atoms with Gasteiger partial charge in [-0.3, -0.25) is 14.4 Å². The fourth-order valence-electron chi connectivity index (χ4n) is 2.15. The average molecular weight is 356 g/mol. The monoisotopic (exact) mass is 356 g/mol. The topological polar surface area (TPSA) is 125 Å². The van der Waals surface area contributed by atoms with Gasteiger partial charge >= 0.3 is 0 Å². The standard InChI is InChI=1S/C17H20N6O3/c1-11(24)22-14-8-13(9-15(10-14)23-12(2)25)16(26)18-6-7-21-17-19-4-3-5-20-17/h3-5,8-10H,6-7H2,1-2H3,(H,18,26)(H,22,24)(H,23,25)(H,19,20,21). The van der Waals surface area contributed by atoms with Gasteiger partial charge in [-0.1, -0.05) is 0 Å². The number of nitrogens with zero attached hydrogens (tertiary/aromatic N) is 2. The zero-order chi connectivity index (χ0) is 18.9. The maximum Gasteiger partial charge on any atom is 0.251 e. The van der Waals surface area contributed by atoms with E-state index in [-0.39, 0.29) is 17.7 Å². The first-order valence-corrected chi connectivity index (χ1v) is 7.93. The van der Waals surface area contributed by atoms with Gasteiger partial charge in [-0.05, 0) is 24.3 Å². The largest absolute Gasteiger partial charge is 0.352 e. The Kier molecular flexibility index (Phi) is 6.60. The Labute approximate surface area is 150 Å². The second-order valence-electron chi connectivity index (χ2n) is 5.42. The lowest BCUT2D eigenvalue weighted by molar-refractivity contribution is -0.115. The summed E-state index contributed by atoms with van der Waals surface area (Å²) in [5.74, 6) is -0.409. The molecule has 0 radical (unpaired) electrons. The summed E-state index contributed by atoms with van der Waals surface area (Å²) in [4.78, 5) is 42.9. The molecule has 0 aliphatic carbocycles. The number of carbonyl (C=O) groups excluding carboxylic acids is 3. The minimum Gasteiger partial charge on any atom is -0.352 e. The summed E-state index contributed by atoms with van der Waals surface area (Å²) in [6.07, 6.45) is 3.23. The summed E-state index contributed by atoms with van der Waals surface area (Å²) in [5, 5.41) is 10.9. The maximum absolute atomic E-state index is 12.3. The van der Waals surface area contributed by atoms with Crippen molar-refractivity contribution in [3.05, 3.63) is 42.2 Å². The molecule has 1 heterocycles. The molecule has 0 saturated heterocycles. The van der Waals surface area contributed by atoms with E-state index in [2.05, 4.69) is 31.2 Å². The Balaban J connectivity index is 1.99. The lowest BCUT2D eigenvalue weighted by Gasteiger charge is -2.11. The van der Waals surface area contributed by atoms with E-state index in [0.29, 0.717) is 36.0 Å². The first-order valence-electron chi connectivity index (χ1n) is 7.93. The number of amides is 3. The summed E-state index contributed by atoms with van der Waals surface area (Å²) >= 11 is 0. The molecule has 136 valence electrons. The number of rotatable bonds is 7. The van der Waals surface area contributed by atoms with E-state index < -0.39 is 0 Å². The van der Waals surface area contributed by atoms with Crippen LogP contribution in [0.4, 0.5) is 17.3 Å². The molecule has 0 bridgehead atoms. The van der Waals surface area contributed by atoms with Crippen molar-refractivity contribution in [2.45, 2.75) is 13.8 Å². The van der Waals surface area contributed by atoms with Gasteiger partial charge in [0.25, 0.3) is 5.91 Å².